The van der Waals surface area contributed by atoms with Crippen molar-refractivity contribution in [2.24, 2.45) is 0 Å². The Kier molecular flexibility index (Phi) is 81.3. The van der Waals surface area contributed by atoms with Gasteiger partial charge in [0.25, 0.3) is 0 Å². The molecule has 0 aliphatic rings. The Balaban J connectivity index is -0.0000000192. The summed E-state index contributed by atoms with van der Waals surface area (Å²) in [6.45, 7) is 0. The molecule has 12 nitrogen and oxygen atoms in total. The molecule has 0 rings (SSSR count). The first-order valence-electron chi connectivity index (χ1n) is 2.53. The quantitative estimate of drug-likeness (QED) is 0.300. The monoisotopic (exact) mass is 340 g/mol. The molecule has 104 valence electrons. The smallest absolute Gasteiger partial charge is 0.652 e. The van der Waals surface area contributed by atoms with Crippen molar-refractivity contribution in [3.63, 3.8) is 0 Å². The number of carbonyl (C=O) groups excluding carboxylic acids is 2. The van der Waals surface area contributed by atoms with Gasteiger partial charge in [-0.1, -0.05) is 0 Å². The van der Waals surface area contributed by atoms with Crippen molar-refractivity contribution in [1.82, 2.24) is 0 Å². The van der Waals surface area contributed by atoms with E-state index in [1.54, 1.807) is 0 Å². The summed E-state index contributed by atoms with van der Waals surface area (Å²) in [4.78, 5) is 33.8. The van der Waals surface area contributed by atoms with E-state index in [0.717, 1.165) is 0 Å². The minimum atomic E-state index is -2.33. The molecule has 0 aromatic carbocycles. The third kappa shape index (κ3) is 8870. The van der Waals surface area contributed by atoms with Crippen LogP contribution in [0.1, 0.15) is 0 Å². The van der Waals surface area contributed by atoms with Crippen LogP contribution in [0.4, 0.5) is 19.2 Å². The molecule has 0 aliphatic heterocycles. The van der Waals surface area contributed by atoms with Crippen LogP contribution in [0.2, 0.25) is 0 Å². The number of carbonyl (C=O) groups is 4. The molecule has 0 spiro atoms. The van der Waals surface area contributed by atoms with E-state index in [-0.39, 0.29) is 71.8 Å². The molecule has 0 heterocycles. The first-order valence-corrected chi connectivity index (χ1v) is 2.53. The summed E-state index contributed by atoms with van der Waals surface area (Å²) < 4.78 is 0. The molecule has 19 heavy (non-hydrogen) atoms. The summed E-state index contributed by atoms with van der Waals surface area (Å²) in [5, 5.41) is 61.2. The zero-order valence-electron chi connectivity index (χ0n) is 8.47. The van der Waals surface area contributed by atoms with E-state index < -0.39 is 24.6 Å². The van der Waals surface area contributed by atoms with Gasteiger partial charge < -0.3 is 50.4 Å². The normalized spacial score (nSPS) is 5.05. The molecule has 0 aromatic rings. The Hall–Kier alpha value is -0.677. The molecule has 15 heteroatoms. The molecule has 0 aromatic heterocycles. The molecule has 0 aliphatic carbocycles. The number of hydrogen-bond acceptors (Lipinski definition) is 8. The number of hydrogen-bond donors (Lipinski definition) is 4. The van der Waals surface area contributed by atoms with Gasteiger partial charge in [-0.15, -0.1) is 0 Å². The third-order valence-electron chi connectivity index (χ3n) is 0. The number of carboxylic acid groups (broad SMARTS) is 8. The van der Waals surface area contributed by atoms with E-state index in [1.165, 1.54) is 0 Å². The van der Waals surface area contributed by atoms with Crippen LogP contribution >= 0.6 is 0 Å². The molecule has 0 bridgehead atoms. The summed E-state index contributed by atoms with van der Waals surface area (Å²) in [5.74, 6) is 0. The van der Waals surface area contributed by atoms with E-state index in [2.05, 4.69) is 0 Å². The van der Waals surface area contributed by atoms with E-state index in [1.807, 2.05) is 0 Å². The molecule has 4 N–H and O–H groups in total. The Morgan fingerprint density at radius 1 is 0.632 bits per heavy atom. The van der Waals surface area contributed by atoms with Gasteiger partial charge in [-0.25, -0.2) is 9.59 Å². The van der Waals surface area contributed by atoms with Crippen LogP contribution < -0.4 is 20.4 Å². The molecule has 0 atom stereocenters. The van der Waals surface area contributed by atoms with Gasteiger partial charge in [0.15, 0.2) is 0 Å². The van der Waals surface area contributed by atoms with E-state index in [9.17, 15) is 0 Å². The van der Waals surface area contributed by atoms with Gasteiger partial charge in [0.05, 0.1) is 0 Å². The van der Waals surface area contributed by atoms with E-state index in [4.69, 9.17) is 60.0 Å². The van der Waals surface area contributed by atoms with Gasteiger partial charge in [0, 0.05) is 0 Å². The average Bonchev–Trinajstić information content (AvgIpc) is 1.76. The van der Waals surface area contributed by atoms with Gasteiger partial charge in [-0.05, 0) is 23.3 Å². The van der Waals surface area contributed by atoms with Gasteiger partial charge in [-0.3, -0.25) is 0 Å². The summed E-state index contributed by atoms with van der Waals surface area (Å²) >= 11 is 0. The maximum atomic E-state index is 8.56. The molecule has 0 saturated carbocycles. The van der Waals surface area contributed by atoms with Crippen LogP contribution in [-0.4, -0.2) is 117 Å². The average molecular weight is 341 g/mol. The van der Waals surface area contributed by atoms with Crippen molar-refractivity contribution >= 4 is 96.4 Å². The third-order valence-corrected chi connectivity index (χ3v) is 0. The van der Waals surface area contributed by atoms with Gasteiger partial charge in [-0.2, -0.15) is 0 Å². The standard InChI is InChI=1S/4CH2O3.Ca.Mg.H4Si/c4*2-1(3)4;;;/h4*(H2,2,3,4);;;1H4/q;;;;2*+2;/p-4. The fourth-order valence-corrected chi connectivity index (χ4v) is 0. The molecular weight excluding hydrogens is 333 g/mol. The second-order valence-electron chi connectivity index (χ2n) is 1.07. The molecule has 0 fully saturated rings. The summed E-state index contributed by atoms with van der Waals surface area (Å²) in [6, 6.07) is 0. The molecule has 0 radical (unpaired) electrons. The van der Waals surface area contributed by atoms with Crippen molar-refractivity contribution in [3.05, 3.63) is 0 Å². The SMILES string of the molecule is O=C(O)O.O=C(O)O.O=C([O-])[O-].O=C([O-])[O-].[Ca+2].[Mg+2].[SiH4]. The Labute approximate surface area is 155 Å². The van der Waals surface area contributed by atoms with Crippen LogP contribution in [0.5, 0.6) is 0 Å². The maximum Gasteiger partial charge on any atom is 2.00 e. The second kappa shape index (κ2) is 36.0. The van der Waals surface area contributed by atoms with Crippen LogP contribution in [-0.2, 0) is 0 Å². The number of rotatable bonds is 0. The Morgan fingerprint density at radius 3 is 0.632 bits per heavy atom. The molecule has 0 saturated heterocycles. The predicted octanol–water partition coefficient (Wildman–Crippen LogP) is -6.66. The van der Waals surface area contributed by atoms with E-state index in [0.29, 0.717) is 0 Å². The second-order valence-corrected chi connectivity index (χ2v) is 1.07. The van der Waals surface area contributed by atoms with Crippen molar-refractivity contribution in [1.29, 1.82) is 0 Å². The fourth-order valence-electron chi connectivity index (χ4n) is 0. The van der Waals surface area contributed by atoms with E-state index >= 15 is 0 Å². The first-order chi connectivity index (χ1) is 6.93. The molecular formula is C4H8CaMgO12Si. The largest absolute Gasteiger partial charge is 2.00 e. The zero-order chi connectivity index (χ0) is 14.3. The van der Waals surface area contributed by atoms with Crippen molar-refractivity contribution < 1.29 is 60.0 Å². The zero-order valence-corrected chi connectivity index (χ0v) is 12.1. The van der Waals surface area contributed by atoms with Crippen molar-refractivity contribution in [3.8, 4) is 0 Å². The predicted molar refractivity (Wildman–Crippen MR) is 54.9 cm³/mol. The van der Waals surface area contributed by atoms with Crippen LogP contribution in [0.3, 0.4) is 0 Å². The van der Waals surface area contributed by atoms with Crippen molar-refractivity contribution in [2.45, 2.75) is 0 Å². The summed E-state index contributed by atoms with van der Waals surface area (Å²) in [7, 11) is 0. The molecule has 0 unspecified atom stereocenters. The Bertz CT molecular complexity index is 170. The van der Waals surface area contributed by atoms with Gasteiger partial charge >= 0.3 is 73.1 Å². The topological polar surface area (TPSA) is 241 Å². The Morgan fingerprint density at radius 2 is 0.632 bits per heavy atom. The fraction of sp³-hybridized carbons (Fsp3) is 0. The van der Waals surface area contributed by atoms with Crippen molar-refractivity contribution in [2.75, 3.05) is 0 Å². The van der Waals surface area contributed by atoms with Crippen LogP contribution in [0, 0.1) is 0 Å². The summed E-state index contributed by atoms with van der Waals surface area (Å²) in [6.07, 6.45) is -8.33. The van der Waals surface area contributed by atoms with Gasteiger partial charge in [0.2, 0.25) is 0 Å². The maximum absolute atomic E-state index is 8.56. The minimum Gasteiger partial charge on any atom is -0.652 e. The molecule has 0 amide bonds. The minimum absolute atomic E-state index is 0. The first kappa shape index (κ1) is 42.9. The van der Waals surface area contributed by atoms with Gasteiger partial charge in [0.1, 0.15) is 0 Å². The van der Waals surface area contributed by atoms with Crippen LogP contribution in [0.15, 0.2) is 0 Å². The van der Waals surface area contributed by atoms with Crippen LogP contribution in [0.25, 0.3) is 0 Å². The summed E-state index contributed by atoms with van der Waals surface area (Å²) in [5.41, 5.74) is 0.